The monoisotopic (exact) mass is 539 g/mol. The minimum atomic E-state index is -4.76. The average molecular weight is 540 g/mol. The van der Waals surface area contributed by atoms with Crippen LogP contribution in [0.15, 0.2) is 53.4 Å². The summed E-state index contributed by atoms with van der Waals surface area (Å²) < 4.78 is 52.7. The third-order valence-electron chi connectivity index (χ3n) is 5.27. The molecule has 7 nitrogen and oxygen atoms in total. The van der Waals surface area contributed by atoms with Crippen LogP contribution in [0.2, 0.25) is 0 Å². The maximum Gasteiger partial charge on any atom is 0.470 e. The molecule has 0 unspecified atom stereocenters. The molecule has 2 aliphatic rings. The SMILES string of the molecule is O=C(OCCOCCSc1ccc2c3c1CCC=C3C(=O)N(OSC(F)(F)F)C2=O)c1ccccc1. The summed E-state index contributed by atoms with van der Waals surface area (Å²) in [7, 11) is 0. The number of hydrogen-bond acceptors (Lipinski definition) is 8. The van der Waals surface area contributed by atoms with Gasteiger partial charge in [-0.1, -0.05) is 24.3 Å². The fourth-order valence-corrected chi connectivity index (χ4v) is 5.04. The molecule has 12 heteroatoms. The van der Waals surface area contributed by atoms with E-state index in [1.807, 2.05) is 6.07 Å². The Morgan fingerprint density at radius 2 is 1.78 bits per heavy atom. The molecule has 1 heterocycles. The Kier molecular flexibility index (Phi) is 8.39. The maximum atomic E-state index is 12.7. The van der Waals surface area contributed by atoms with Gasteiger partial charge in [-0.05, 0) is 42.7 Å². The van der Waals surface area contributed by atoms with Gasteiger partial charge in [-0.3, -0.25) is 9.59 Å². The highest BCUT2D eigenvalue weighted by atomic mass is 32.2. The first-order chi connectivity index (χ1) is 17.3. The summed E-state index contributed by atoms with van der Waals surface area (Å²) in [6, 6.07) is 11.8. The van der Waals surface area contributed by atoms with Gasteiger partial charge in [-0.2, -0.15) is 17.5 Å². The molecule has 1 aliphatic heterocycles. The molecule has 1 aliphatic carbocycles. The standard InChI is InChI=1S/C24H20F3NO6S2/c25-24(26,27)36-34-28-21(29)17-8-4-7-16-19(10-9-18(20(16)17)22(28)30)35-14-13-32-11-12-33-23(31)15-5-2-1-3-6-15/h1-3,5-6,8-10H,4,7,11-14H2. The molecule has 2 aromatic rings. The highest BCUT2D eigenvalue weighted by Gasteiger charge is 2.42. The van der Waals surface area contributed by atoms with Crippen molar-refractivity contribution in [3.8, 4) is 0 Å². The molecular weight excluding hydrogens is 519 g/mol. The molecule has 0 saturated carbocycles. The van der Waals surface area contributed by atoms with Crippen molar-refractivity contribution in [2.24, 2.45) is 0 Å². The molecule has 2 aromatic carbocycles. The number of halogens is 3. The fourth-order valence-electron chi connectivity index (χ4n) is 3.78. The normalized spacial score (nSPS) is 15.0. The Hall–Kier alpha value is -2.80. The van der Waals surface area contributed by atoms with Crippen molar-refractivity contribution in [1.29, 1.82) is 0 Å². The number of carbonyl (C=O) groups excluding carboxylic acids is 3. The smallest absolute Gasteiger partial charge is 0.460 e. The van der Waals surface area contributed by atoms with Crippen molar-refractivity contribution in [2.75, 3.05) is 25.6 Å². The lowest BCUT2D eigenvalue weighted by atomic mass is 9.84. The molecule has 0 spiro atoms. The van der Waals surface area contributed by atoms with Crippen molar-refractivity contribution in [3.05, 3.63) is 70.8 Å². The molecule has 0 N–H and O–H groups in total. The predicted octanol–water partition coefficient (Wildman–Crippen LogP) is 5.06. The number of ether oxygens (including phenoxy) is 2. The molecule has 0 fully saturated rings. The second-order valence-corrected chi connectivity index (χ2v) is 9.51. The van der Waals surface area contributed by atoms with Crippen LogP contribution in [0.4, 0.5) is 13.2 Å². The van der Waals surface area contributed by atoms with Crippen LogP contribution in [-0.2, 0) is 25.0 Å². The van der Waals surface area contributed by atoms with Gasteiger partial charge in [0.15, 0.2) is 0 Å². The van der Waals surface area contributed by atoms with E-state index in [2.05, 4.69) is 4.28 Å². The van der Waals surface area contributed by atoms with E-state index in [4.69, 9.17) is 9.47 Å². The van der Waals surface area contributed by atoms with E-state index >= 15 is 0 Å². The van der Waals surface area contributed by atoms with Gasteiger partial charge in [0.05, 0.1) is 24.3 Å². The van der Waals surface area contributed by atoms with Crippen LogP contribution in [0.5, 0.6) is 0 Å². The van der Waals surface area contributed by atoms with Gasteiger partial charge < -0.3 is 9.47 Å². The molecule has 0 saturated heterocycles. The first-order valence-electron chi connectivity index (χ1n) is 10.9. The minimum absolute atomic E-state index is 0.117. The highest BCUT2D eigenvalue weighted by Crippen LogP contribution is 2.42. The molecule has 190 valence electrons. The molecule has 0 bridgehead atoms. The molecule has 0 atom stereocenters. The van der Waals surface area contributed by atoms with Crippen LogP contribution < -0.4 is 0 Å². The van der Waals surface area contributed by atoms with Gasteiger partial charge in [-0.25, -0.2) is 4.79 Å². The maximum absolute atomic E-state index is 12.7. The molecule has 0 aromatic heterocycles. The number of esters is 1. The second kappa shape index (κ2) is 11.5. The topological polar surface area (TPSA) is 82.1 Å². The van der Waals surface area contributed by atoms with Crippen LogP contribution in [0.3, 0.4) is 0 Å². The zero-order valence-electron chi connectivity index (χ0n) is 18.7. The van der Waals surface area contributed by atoms with Gasteiger partial charge in [0.25, 0.3) is 11.8 Å². The number of carbonyl (C=O) groups is 3. The van der Waals surface area contributed by atoms with Crippen LogP contribution in [0.1, 0.15) is 38.3 Å². The van der Waals surface area contributed by atoms with Crippen LogP contribution >= 0.6 is 23.8 Å². The zero-order valence-corrected chi connectivity index (χ0v) is 20.3. The average Bonchev–Trinajstić information content (AvgIpc) is 2.86. The first kappa shape index (κ1) is 26.3. The Morgan fingerprint density at radius 1 is 1.00 bits per heavy atom. The second-order valence-electron chi connectivity index (χ2n) is 7.59. The number of thioether (sulfide) groups is 1. The molecule has 4 rings (SSSR count). The summed E-state index contributed by atoms with van der Waals surface area (Å²) in [4.78, 5) is 38.2. The van der Waals surface area contributed by atoms with E-state index in [0.717, 1.165) is 10.5 Å². The quantitative estimate of drug-likeness (QED) is 0.136. The van der Waals surface area contributed by atoms with Crippen LogP contribution in [0, 0.1) is 0 Å². The molecular formula is C24H20F3NO6S2. The van der Waals surface area contributed by atoms with Crippen LogP contribution in [0.25, 0.3) is 5.57 Å². The van der Waals surface area contributed by atoms with Crippen molar-refractivity contribution >= 4 is 47.2 Å². The van der Waals surface area contributed by atoms with Crippen molar-refractivity contribution in [2.45, 2.75) is 23.2 Å². The predicted molar refractivity (Wildman–Crippen MR) is 127 cm³/mol. The van der Waals surface area contributed by atoms with Crippen molar-refractivity contribution in [1.82, 2.24) is 5.06 Å². The van der Waals surface area contributed by atoms with Crippen LogP contribution in [-0.4, -0.2) is 53.9 Å². The Labute approximate surface area is 213 Å². The lowest BCUT2D eigenvalue weighted by molar-refractivity contribution is -0.141. The third kappa shape index (κ3) is 6.12. The van der Waals surface area contributed by atoms with Gasteiger partial charge in [0.1, 0.15) is 18.6 Å². The summed E-state index contributed by atoms with van der Waals surface area (Å²) in [6.45, 7) is 0.727. The van der Waals surface area contributed by atoms with Gasteiger partial charge >= 0.3 is 11.5 Å². The summed E-state index contributed by atoms with van der Waals surface area (Å²) in [5, 5.41) is 0.159. The Bertz CT molecular complexity index is 1190. The van der Waals surface area contributed by atoms with Crippen molar-refractivity contribution in [3.63, 3.8) is 0 Å². The number of alkyl halides is 3. The van der Waals surface area contributed by atoms with Crippen molar-refractivity contribution < 1.29 is 41.3 Å². The van der Waals surface area contributed by atoms with E-state index in [9.17, 15) is 27.6 Å². The number of imide groups is 1. The first-order valence-corrected chi connectivity index (χ1v) is 12.6. The van der Waals surface area contributed by atoms with E-state index in [1.54, 1.807) is 36.4 Å². The lowest BCUT2D eigenvalue weighted by Gasteiger charge is -2.31. The fraction of sp³-hybridized carbons (Fsp3) is 0.292. The summed E-state index contributed by atoms with van der Waals surface area (Å²) >= 11 is 0.569. The van der Waals surface area contributed by atoms with Gasteiger partial charge in [0.2, 0.25) is 0 Å². The Balaban J connectivity index is 1.32. The Morgan fingerprint density at radius 3 is 2.53 bits per heavy atom. The number of hydroxylamine groups is 2. The van der Waals surface area contributed by atoms with Gasteiger partial charge in [-0.15, -0.1) is 16.8 Å². The number of rotatable bonds is 10. The highest BCUT2D eigenvalue weighted by molar-refractivity contribution is 7.99. The molecule has 2 amide bonds. The largest absolute Gasteiger partial charge is 0.470 e. The third-order valence-corrected chi connectivity index (χ3v) is 6.75. The van der Waals surface area contributed by atoms with E-state index < -0.39 is 35.3 Å². The number of nitrogens with zero attached hydrogens (tertiary/aromatic N) is 1. The van der Waals surface area contributed by atoms with E-state index in [1.165, 1.54) is 17.8 Å². The summed E-state index contributed by atoms with van der Waals surface area (Å²) in [5.41, 5.74) is -2.76. The number of hydrogen-bond donors (Lipinski definition) is 0. The van der Waals surface area contributed by atoms with Gasteiger partial charge in [0, 0.05) is 21.8 Å². The zero-order chi connectivity index (χ0) is 25.7. The molecule has 36 heavy (non-hydrogen) atoms. The minimum Gasteiger partial charge on any atom is -0.460 e. The van der Waals surface area contributed by atoms with E-state index in [-0.39, 0.29) is 29.4 Å². The van der Waals surface area contributed by atoms with E-state index in [0.29, 0.717) is 36.3 Å². The molecule has 0 radical (unpaired) electrons. The number of amides is 2. The summed E-state index contributed by atoms with van der Waals surface area (Å²) in [5.74, 6) is -1.70. The summed E-state index contributed by atoms with van der Waals surface area (Å²) in [6.07, 6.45) is 2.70. The lowest BCUT2D eigenvalue weighted by Crippen LogP contribution is -2.41. The number of benzene rings is 2. The number of allylic oxidation sites excluding steroid dienone is 1.